The Morgan fingerprint density at radius 3 is 2.61 bits per heavy atom. The van der Waals surface area contributed by atoms with Gasteiger partial charge in [-0.25, -0.2) is 9.78 Å². The van der Waals surface area contributed by atoms with Crippen molar-refractivity contribution >= 4 is 34.6 Å². The number of carbonyl (C=O) groups is 2. The Bertz CT molecular complexity index is 714. The predicted molar refractivity (Wildman–Crippen MR) is 90.4 cm³/mol. The van der Waals surface area contributed by atoms with E-state index in [9.17, 15) is 9.59 Å². The number of aromatic nitrogens is 1. The first-order valence-electron chi connectivity index (χ1n) is 7.55. The van der Waals surface area contributed by atoms with Gasteiger partial charge in [0, 0.05) is 28.8 Å². The van der Waals surface area contributed by atoms with Gasteiger partial charge in [-0.1, -0.05) is 0 Å². The molecule has 3 heterocycles. The number of likely N-dealkylation sites (tertiary alicyclic amines) is 1. The molecule has 122 valence electrons. The lowest BCUT2D eigenvalue weighted by Gasteiger charge is -2.31. The van der Waals surface area contributed by atoms with Crippen molar-refractivity contribution in [3.8, 4) is 0 Å². The summed E-state index contributed by atoms with van der Waals surface area (Å²) in [5.74, 6) is -0.482. The summed E-state index contributed by atoms with van der Waals surface area (Å²) in [5, 5.41) is 9.85. The Hall–Kier alpha value is -1.73. The van der Waals surface area contributed by atoms with Gasteiger partial charge in [0.2, 0.25) is 5.91 Å². The number of nitrogens with zero attached hydrogens (tertiary/aromatic N) is 2. The molecule has 3 rings (SSSR count). The van der Waals surface area contributed by atoms with Crippen LogP contribution in [-0.2, 0) is 11.2 Å². The molecule has 0 aliphatic carbocycles. The molecule has 1 fully saturated rings. The summed E-state index contributed by atoms with van der Waals surface area (Å²) in [6.07, 6.45) is 3.60. The van der Waals surface area contributed by atoms with Crippen molar-refractivity contribution in [1.29, 1.82) is 0 Å². The Morgan fingerprint density at radius 1 is 1.30 bits per heavy atom. The lowest BCUT2D eigenvalue weighted by atomic mass is 9.97. The minimum Gasteiger partial charge on any atom is -0.477 e. The van der Waals surface area contributed by atoms with Crippen molar-refractivity contribution < 1.29 is 14.7 Å². The maximum atomic E-state index is 12.4. The van der Waals surface area contributed by atoms with Crippen LogP contribution in [0.15, 0.2) is 18.3 Å². The van der Waals surface area contributed by atoms with E-state index >= 15 is 0 Å². The van der Waals surface area contributed by atoms with Crippen LogP contribution in [0, 0.1) is 6.92 Å². The van der Waals surface area contributed by atoms with Crippen molar-refractivity contribution in [2.24, 2.45) is 0 Å². The summed E-state index contributed by atoms with van der Waals surface area (Å²) in [4.78, 5) is 32.1. The van der Waals surface area contributed by atoms with Crippen LogP contribution in [0.1, 0.15) is 43.2 Å². The van der Waals surface area contributed by atoms with Gasteiger partial charge in [-0.05, 0) is 31.9 Å². The Balaban J connectivity index is 1.55. The SMILES string of the molecule is Cc1ccc(CC(=O)N2CCC(c3ncc(C(=O)O)s3)CC2)s1. The molecule has 1 aliphatic heterocycles. The fraction of sp³-hybridized carbons (Fsp3) is 0.438. The highest BCUT2D eigenvalue weighted by atomic mass is 32.1. The first kappa shape index (κ1) is 16.1. The third-order valence-corrected chi connectivity index (χ3v) is 6.20. The molecule has 5 nitrogen and oxygen atoms in total. The highest BCUT2D eigenvalue weighted by molar-refractivity contribution is 7.13. The van der Waals surface area contributed by atoms with Crippen LogP contribution in [-0.4, -0.2) is 40.0 Å². The van der Waals surface area contributed by atoms with Gasteiger partial charge in [0.25, 0.3) is 0 Å². The number of carbonyl (C=O) groups excluding carboxylic acids is 1. The standard InChI is InChI=1S/C16H18N2O3S2/c1-10-2-3-12(22-10)8-14(19)18-6-4-11(5-7-18)15-17-9-13(23-15)16(20)21/h2-3,9,11H,4-8H2,1H3,(H,20,21). The van der Waals surface area contributed by atoms with Crippen LogP contribution in [0.4, 0.5) is 0 Å². The van der Waals surface area contributed by atoms with Gasteiger partial charge in [-0.2, -0.15) is 0 Å². The number of thiophene rings is 1. The molecule has 0 spiro atoms. The van der Waals surface area contributed by atoms with E-state index in [1.54, 1.807) is 11.3 Å². The molecule has 23 heavy (non-hydrogen) atoms. The number of carboxylic acids is 1. The molecule has 1 saturated heterocycles. The average molecular weight is 350 g/mol. The maximum Gasteiger partial charge on any atom is 0.347 e. The maximum absolute atomic E-state index is 12.4. The zero-order valence-corrected chi connectivity index (χ0v) is 14.5. The quantitative estimate of drug-likeness (QED) is 0.919. The van der Waals surface area contributed by atoms with E-state index in [0.29, 0.717) is 6.42 Å². The van der Waals surface area contributed by atoms with E-state index in [4.69, 9.17) is 5.11 Å². The van der Waals surface area contributed by atoms with Gasteiger partial charge in [0.15, 0.2) is 0 Å². The Morgan fingerprint density at radius 2 is 2.04 bits per heavy atom. The molecule has 2 aromatic heterocycles. The third-order valence-electron chi connectivity index (χ3n) is 4.05. The zero-order chi connectivity index (χ0) is 16.4. The number of aromatic carboxylic acids is 1. The number of amides is 1. The molecule has 0 atom stereocenters. The minimum absolute atomic E-state index is 0.177. The first-order chi connectivity index (χ1) is 11.0. The van der Waals surface area contributed by atoms with Crippen LogP contribution in [0.5, 0.6) is 0 Å². The second kappa shape index (κ2) is 6.80. The van der Waals surface area contributed by atoms with Gasteiger partial charge in [0.1, 0.15) is 4.88 Å². The summed E-state index contributed by atoms with van der Waals surface area (Å²) < 4.78 is 0. The number of rotatable bonds is 4. The number of aryl methyl sites for hydroxylation is 1. The summed E-state index contributed by atoms with van der Waals surface area (Å²) >= 11 is 2.92. The van der Waals surface area contributed by atoms with Crippen LogP contribution in [0.2, 0.25) is 0 Å². The van der Waals surface area contributed by atoms with Gasteiger partial charge in [0.05, 0.1) is 17.6 Å². The number of hydrogen-bond acceptors (Lipinski definition) is 5. The van der Waals surface area contributed by atoms with Gasteiger partial charge in [-0.3, -0.25) is 4.79 Å². The molecule has 2 aromatic rings. The van der Waals surface area contributed by atoms with Crippen molar-refractivity contribution in [1.82, 2.24) is 9.88 Å². The fourth-order valence-corrected chi connectivity index (χ4v) is 4.60. The molecular formula is C16H18N2O3S2. The highest BCUT2D eigenvalue weighted by Crippen LogP contribution is 2.31. The van der Waals surface area contributed by atoms with E-state index < -0.39 is 5.97 Å². The Kier molecular flexibility index (Phi) is 4.77. The largest absolute Gasteiger partial charge is 0.477 e. The molecule has 0 aromatic carbocycles. The number of piperidine rings is 1. The van der Waals surface area contributed by atoms with Crippen LogP contribution >= 0.6 is 22.7 Å². The predicted octanol–water partition coefficient (Wildman–Crippen LogP) is 3.16. The highest BCUT2D eigenvalue weighted by Gasteiger charge is 2.26. The minimum atomic E-state index is -0.924. The molecule has 1 N–H and O–H groups in total. The van der Waals surface area contributed by atoms with E-state index in [0.717, 1.165) is 35.8 Å². The van der Waals surface area contributed by atoms with Gasteiger partial charge < -0.3 is 10.0 Å². The van der Waals surface area contributed by atoms with Crippen molar-refractivity contribution in [3.63, 3.8) is 0 Å². The molecule has 0 bridgehead atoms. The average Bonchev–Trinajstić information content (AvgIpc) is 3.17. The molecule has 7 heteroatoms. The third kappa shape index (κ3) is 3.79. The second-order valence-electron chi connectivity index (χ2n) is 5.71. The zero-order valence-electron chi connectivity index (χ0n) is 12.8. The van der Waals surface area contributed by atoms with E-state index in [1.807, 2.05) is 24.0 Å². The van der Waals surface area contributed by atoms with Crippen molar-refractivity contribution in [2.45, 2.75) is 32.1 Å². The molecule has 0 unspecified atom stereocenters. The second-order valence-corrected chi connectivity index (χ2v) is 8.15. The van der Waals surface area contributed by atoms with E-state index in [1.165, 1.54) is 22.4 Å². The number of thiazole rings is 1. The first-order valence-corrected chi connectivity index (χ1v) is 9.18. The molecule has 0 saturated carbocycles. The van der Waals surface area contributed by atoms with Crippen LogP contribution in [0.25, 0.3) is 0 Å². The summed E-state index contributed by atoms with van der Waals surface area (Å²) in [6, 6.07) is 4.07. The van der Waals surface area contributed by atoms with Gasteiger partial charge in [-0.15, -0.1) is 22.7 Å². The number of carboxylic acid groups (broad SMARTS) is 1. The lowest BCUT2D eigenvalue weighted by Crippen LogP contribution is -2.38. The molecule has 1 amide bonds. The smallest absolute Gasteiger partial charge is 0.347 e. The van der Waals surface area contributed by atoms with Gasteiger partial charge >= 0.3 is 5.97 Å². The fourth-order valence-electron chi connectivity index (χ4n) is 2.79. The molecule has 1 aliphatic rings. The lowest BCUT2D eigenvalue weighted by molar-refractivity contribution is -0.131. The van der Waals surface area contributed by atoms with E-state index in [-0.39, 0.29) is 16.7 Å². The summed E-state index contributed by atoms with van der Waals surface area (Å²) in [7, 11) is 0. The van der Waals surface area contributed by atoms with Crippen molar-refractivity contribution in [2.75, 3.05) is 13.1 Å². The molecule has 0 radical (unpaired) electrons. The van der Waals surface area contributed by atoms with Crippen LogP contribution < -0.4 is 0 Å². The topological polar surface area (TPSA) is 70.5 Å². The summed E-state index contributed by atoms with van der Waals surface area (Å²) in [6.45, 7) is 3.48. The van der Waals surface area contributed by atoms with Crippen LogP contribution in [0.3, 0.4) is 0 Å². The molecular weight excluding hydrogens is 332 g/mol. The monoisotopic (exact) mass is 350 g/mol. The summed E-state index contributed by atoms with van der Waals surface area (Å²) in [5.41, 5.74) is 0. The van der Waals surface area contributed by atoms with E-state index in [2.05, 4.69) is 4.98 Å². The normalized spacial score (nSPS) is 15.8. The Labute approximate surface area is 142 Å². The van der Waals surface area contributed by atoms with Crippen molar-refractivity contribution in [3.05, 3.63) is 38.0 Å². The number of hydrogen-bond donors (Lipinski definition) is 1.